The van der Waals surface area contributed by atoms with E-state index in [1.165, 1.54) is 18.2 Å². The van der Waals surface area contributed by atoms with E-state index in [0.717, 1.165) is 0 Å². The topological polar surface area (TPSA) is 78.9 Å². The molecular weight excluding hydrogens is 792 g/mol. The fourth-order valence-electron chi connectivity index (χ4n) is 1.83. The van der Waals surface area contributed by atoms with Gasteiger partial charge in [0.15, 0.2) is 0 Å². The van der Waals surface area contributed by atoms with Crippen molar-refractivity contribution in [3.63, 3.8) is 0 Å². The number of carbonyl (C=O) groups is 3. The second-order valence-electron chi connectivity index (χ2n) is 6.70. The molecule has 168 valence electrons. The van der Waals surface area contributed by atoms with E-state index < -0.39 is 27.6 Å². The molecule has 1 aromatic carbocycles. The molecule has 0 aromatic heterocycles. The van der Waals surface area contributed by atoms with Gasteiger partial charge in [-0.15, -0.1) is 0 Å². The zero-order chi connectivity index (χ0) is 23.3. The third-order valence-electron chi connectivity index (χ3n) is 3.07. The number of ether oxygens (including phenoxy) is 3. The first kappa shape index (κ1) is 28.5. The lowest BCUT2D eigenvalue weighted by molar-refractivity contribution is 0.0455. The quantitative estimate of drug-likeness (QED) is 0.158. The maximum Gasteiger partial charge on any atom is 0.339 e. The van der Waals surface area contributed by atoms with Gasteiger partial charge in [0, 0.05) is 0 Å². The summed E-state index contributed by atoms with van der Waals surface area (Å²) in [6.45, 7) is 5.27. The van der Waals surface area contributed by atoms with E-state index in [-0.39, 0.29) is 36.5 Å². The second kappa shape index (κ2) is 11.6. The average Bonchev–Trinajstić information content (AvgIpc) is 2.59. The summed E-state index contributed by atoms with van der Waals surface area (Å²) >= 11 is 19.8. The standard InChI is InChI=1S/C18H18Br6O6/c1-16(19,20)7-28-13(25)10-4-5-11(14(26)29-8-17(2,21)22)12(6-10)15(27)30-9-18(3,23)24/h4-6H,7-9H2,1-3H3. The number of halogens is 6. The summed E-state index contributed by atoms with van der Waals surface area (Å²) < 4.78 is 13.8. The highest BCUT2D eigenvalue weighted by molar-refractivity contribution is 9.26. The van der Waals surface area contributed by atoms with Crippen LogP contribution in [0.5, 0.6) is 0 Å². The third-order valence-corrected chi connectivity index (χ3v) is 4.44. The van der Waals surface area contributed by atoms with Crippen LogP contribution in [0, 0.1) is 0 Å². The van der Waals surface area contributed by atoms with E-state index in [9.17, 15) is 14.4 Å². The zero-order valence-corrected chi connectivity index (χ0v) is 25.6. The molecule has 0 unspecified atom stereocenters. The number of hydrogen-bond donors (Lipinski definition) is 0. The monoisotopic (exact) mass is 804 g/mol. The summed E-state index contributed by atoms with van der Waals surface area (Å²) in [5.74, 6) is -2.18. The Balaban J connectivity index is 3.18. The van der Waals surface area contributed by atoms with Crippen LogP contribution in [0.25, 0.3) is 0 Å². The van der Waals surface area contributed by atoms with Crippen LogP contribution in [0.3, 0.4) is 0 Å². The number of rotatable bonds is 9. The Kier molecular flexibility index (Phi) is 11.0. The lowest BCUT2D eigenvalue weighted by Gasteiger charge is -2.18. The minimum Gasteiger partial charge on any atom is -0.460 e. The van der Waals surface area contributed by atoms with E-state index in [4.69, 9.17) is 14.2 Å². The van der Waals surface area contributed by atoms with Gasteiger partial charge in [0.2, 0.25) is 0 Å². The smallest absolute Gasteiger partial charge is 0.339 e. The molecule has 0 aliphatic carbocycles. The number of alkyl halides is 6. The van der Waals surface area contributed by atoms with Gasteiger partial charge in [-0.25, -0.2) is 14.4 Å². The highest BCUT2D eigenvalue weighted by Gasteiger charge is 2.27. The van der Waals surface area contributed by atoms with Gasteiger partial charge in [-0.2, -0.15) is 0 Å². The van der Waals surface area contributed by atoms with Crippen LogP contribution in [0.4, 0.5) is 0 Å². The van der Waals surface area contributed by atoms with E-state index in [2.05, 4.69) is 95.6 Å². The van der Waals surface area contributed by atoms with Gasteiger partial charge in [-0.3, -0.25) is 0 Å². The fourth-order valence-corrected chi connectivity index (χ4v) is 2.52. The molecule has 0 spiro atoms. The first-order valence-corrected chi connectivity index (χ1v) is 13.0. The van der Waals surface area contributed by atoms with Crippen molar-refractivity contribution >= 4 is 113 Å². The predicted octanol–water partition coefficient (Wildman–Crippen LogP) is 6.68. The molecule has 0 aliphatic heterocycles. The average molecular weight is 810 g/mol. The lowest BCUT2D eigenvalue weighted by Crippen LogP contribution is -2.23. The van der Waals surface area contributed by atoms with Crippen molar-refractivity contribution in [1.82, 2.24) is 0 Å². The molecule has 0 atom stereocenters. The normalized spacial score (nSPS) is 12.3. The Morgan fingerprint density at radius 1 is 0.667 bits per heavy atom. The van der Waals surface area contributed by atoms with Gasteiger partial charge >= 0.3 is 17.9 Å². The molecule has 0 aliphatic rings. The van der Waals surface area contributed by atoms with Crippen molar-refractivity contribution in [1.29, 1.82) is 0 Å². The third kappa shape index (κ3) is 11.4. The first-order valence-electron chi connectivity index (χ1n) is 8.27. The van der Waals surface area contributed by atoms with E-state index >= 15 is 0 Å². The number of hydrogen-bond acceptors (Lipinski definition) is 6. The molecule has 0 heterocycles. The molecule has 0 saturated heterocycles. The Hall–Kier alpha value is 0.510. The molecule has 6 nitrogen and oxygen atoms in total. The molecule has 0 bridgehead atoms. The molecule has 0 amide bonds. The van der Waals surface area contributed by atoms with Crippen molar-refractivity contribution in [3.05, 3.63) is 34.9 Å². The number of esters is 3. The van der Waals surface area contributed by atoms with Crippen LogP contribution >= 0.6 is 95.6 Å². The Labute approximate surface area is 225 Å². The highest BCUT2D eigenvalue weighted by Crippen LogP contribution is 2.28. The second-order valence-corrected chi connectivity index (χ2v) is 20.4. The lowest BCUT2D eigenvalue weighted by atomic mass is 10.0. The van der Waals surface area contributed by atoms with Gasteiger partial charge in [-0.05, 0) is 39.0 Å². The molecule has 0 N–H and O–H groups in total. The summed E-state index contributed by atoms with van der Waals surface area (Å²) in [7, 11) is 0. The highest BCUT2D eigenvalue weighted by atomic mass is 79.9. The molecule has 0 saturated carbocycles. The van der Waals surface area contributed by atoms with Crippen LogP contribution < -0.4 is 0 Å². The summed E-state index contributed by atoms with van der Waals surface area (Å²) in [6, 6.07) is 3.97. The molecule has 0 radical (unpaired) electrons. The van der Waals surface area contributed by atoms with Crippen molar-refractivity contribution in [3.8, 4) is 0 Å². The van der Waals surface area contributed by atoms with Gasteiger partial charge in [0.05, 0.1) is 16.7 Å². The van der Waals surface area contributed by atoms with Crippen LogP contribution in [-0.4, -0.2) is 47.4 Å². The van der Waals surface area contributed by atoms with Crippen molar-refractivity contribution < 1.29 is 28.6 Å². The van der Waals surface area contributed by atoms with Crippen molar-refractivity contribution in [2.75, 3.05) is 19.8 Å². The Bertz CT molecular complexity index is 792. The van der Waals surface area contributed by atoms with E-state index in [1.54, 1.807) is 20.8 Å². The number of carbonyl (C=O) groups excluding carboxylic acids is 3. The van der Waals surface area contributed by atoms with Crippen LogP contribution in [-0.2, 0) is 14.2 Å². The summed E-state index contributed by atoms with van der Waals surface area (Å²) in [6.07, 6.45) is 0. The first-order chi connectivity index (χ1) is 13.5. The van der Waals surface area contributed by atoms with Gasteiger partial charge in [0.1, 0.15) is 29.5 Å². The van der Waals surface area contributed by atoms with Crippen LogP contribution in [0.15, 0.2) is 18.2 Å². The largest absolute Gasteiger partial charge is 0.460 e. The molecule has 0 fully saturated rings. The maximum absolute atomic E-state index is 12.7. The van der Waals surface area contributed by atoms with Crippen LogP contribution in [0.2, 0.25) is 0 Å². The minimum atomic E-state index is -0.784. The number of benzene rings is 1. The zero-order valence-electron chi connectivity index (χ0n) is 16.1. The Morgan fingerprint density at radius 3 is 1.43 bits per heavy atom. The predicted molar refractivity (Wildman–Crippen MR) is 136 cm³/mol. The van der Waals surface area contributed by atoms with Crippen molar-refractivity contribution in [2.45, 2.75) is 30.5 Å². The molecule has 30 heavy (non-hydrogen) atoms. The summed E-state index contributed by atoms with van der Waals surface area (Å²) in [4.78, 5) is 37.6. The van der Waals surface area contributed by atoms with Gasteiger partial charge < -0.3 is 14.2 Å². The van der Waals surface area contributed by atoms with Crippen molar-refractivity contribution in [2.24, 2.45) is 0 Å². The van der Waals surface area contributed by atoms with E-state index in [0.29, 0.717) is 0 Å². The van der Waals surface area contributed by atoms with E-state index in [1.807, 2.05) is 0 Å². The maximum atomic E-state index is 12.7. The molecule has 1 aromatic rings. The Morgan fingerprint density at radius 2 is 1.03 bits per heavy atom. The molecule has 1 rings (SSSR count). The fraction of sp³-hybridized carbons (Fsp3) is 0.500. The van der Waals surface area contributed by atoms with Gasteiger partial charge in [0.25, 0.3) is 0 Å². The van der Waals surface area contributed by atoms with Gasteiger partial charge in [-0.1, -0.05) is 95.6 Å². The van der Waals surface area contributed by atoms with Crippen LogP contribution in [0.1, 0.15) is 51.8 Å². The SMILES string of the molecule is CC(Br)(Br)COC(=O)c1ccc(C(=O)OCC(C)(Br)Br)c(C(=O)OCC(C)(Br)Br)c1. The summed E-state index contributed by atoms with van der Waals surface area (Å²) in [5, 5.41) is 0. The molecular formula is C18H18Br6O6. The molecule has 12 heteroatoms. The summed E-state index contributed by atoms with van der Waals surface area (Å²) in [5.41, 5.74) is -0.0449. The minimum absolute atomic E-state index is 0.0000673.